The van der Waals surface area contributed by atoms with Crippen molar-refractivity contribution < 1.29 is 13.7 Å². The number of azo groups is 1. The Bertz CT molecular complexity index is 914. The first kappa shape index (κ1) is 21.8. The van der Waals surface area contributed by atoms with E-state index in [1.807, 2.05) is 4.90 Å². The van der Waals surface area contributed by atoms with Crippen LogP contribution in [0, 0.1) is 21.7 Å². The maximum absolute atomic E-state index is 14.6. The topological polar surface area (TPSA) is 74.3 Å². The van der Waals surface area contributed by atoms with Gasteiger partial charge in [-0.05, 0) is 31.2 Å². The molecular weight excluding hydrogens is 392 g/mol. The molecule has 0 saturated carbocycles. The predicted octanol–water partition coefficient (Wildman–Crippen LogP) is 5.60. The van der Waals surface area contributed by atoms with Crippen LogP contribution in [0.3, 0.4) is 0 Å². The number of halogens is 2. The summed E-state index contributed by atoms with van der Waals surface area (Å²) in [5.41, 5.74) is 0.299. The molecule has 0 unspecified atom stereocenters. The molecule has 30 heavy (non-hydrogen) atoms. The number of piperazine rings is 1. The van der Waals surface area contributed by atoms with E-state index < -0.39 is 16.4 Å². The average Bonchev–Trinajstić information content (AvgIpc) is 2.73. The first-order valence-electron chi connectivity index (χ1n) is 10.1. The van der Waals surface area contributed by atoms with Crippen molar-refractivity contribution in [3.63, 3.8) is 0 Å². The van der Waals surface area contributed by atoms with Gasteiger partial charge in [0.1, 0.15) is 5.82 Å². The van der Waals surface area contributed by atoms with E-state index in [1.165, 1.54) is 31.4 Å². The Balaban J connectivity index is 1.61. The Hall–Kier alpha value is -2.94. The van der Waals surface area contributed by atoms with Crippen molar-refractivity contribution in [3.8, 4) is 0 Å². The molecule has 1 aliphatic heterocycles. The van der Waals surface area contributed by atoms with E-state index in [-0.39, 0.29) is 17.2 Å². The first-order chi connectivity index (χ1) is 14.5. The minimum atomic E-state index is -0.994. The maximum atomic E-state index is 14.6. The van der Waals surface area contributed by atoms with Crippen molar-refractivity contribution in [2.45, 2.75) is 26.2 Å². The summed E-state index contributed by atoms with van der Waals surface area (Å²) >= 11 is 0. The van der Waals surface area contributed by atoms with Gasteiger partial charge in [-0.15, -0.1) is 0 Å². The molecular formula is C21H25F2N5O2. The third-order valence-electron chi connectivity index (χ3n) is 5.13. The van der Waals surface area contributed by atoms with Crippen molar-refractivity contribution in [1.29, 1.82) is 0 Å². The van der Waals surface area contributed by atoms with Gasteiger partial charge in [-0.2, -0.15) is 14.6 Å². The zero-order valence-corrected chi connectivity index (χ0v) is 16.9. The van der Waals surface area contributed by atoms with Gasteiger partial charge in [0, 0.05) is 44.4 Å². The Morgan fingerprint density at radius 3 is 2.17 bits per heavy atom. The Morgan fingerprint density at radius 1 is 0.967 bits per heavy atom. The lowest BCUT2D eigenvalue weighted by molar-refractivity contribution is -0.387. The number of nitro groups is 1. The minimum Gasteiger partial charge on any atom is -0.367 e. The van der Waals surface area contributed by atoms with Crippen molar-refractivity contribution in [3.05, 3.63) is 58.1 Å². The molecule has 0 atom stereocenters. The second-order valence-corrected chi connectivity index (χ2v) is 7.26. The lowest BCUT2D eigenvalue weighted by atomic mass is 10.2. The number of hydrogen-bond acceptors (Lipinski definition) is 6. The maximum Gasteiger partial charge on any atom is 0.304 e. The molecule has 1 heterocycles. The molecule has 1 fully saturated rings. The fourth-order valence-corrected chi connectivity index (χ4v) is 3.43. The number of nitro benzene ring substituents is 1. The lowest BCUT2D eigenvalue weighted by Crippen LogP contribution is -2.46. The van der Waals surface area contributed by atoms with Crippen molar-refractivity contribution in [2.24, 2.45) is 10.2 Å². The molecule has 2 aromatic carbocycles. The first-order valence-corrected chi connectivity index (χ1v) is 10.1. The van der Waals surface area contributed by atoms with E-state index >= 15 is 0 Å². The molecule has 7 nitrogen and oxygen atoms in total. The van der Waals surface area contributed by atoms with Crippen LogP contribution in [0.4, 0.5) is 31.5 Å². The predicted molar refractivity (Wildman–Crippen MR) is 112 cm³/mol. The summed E-state index contributed by atoms with van der Waals surface area (Å²) in [5.74, 6) is -1.38. The molecule has 0 aromatic heterocycles. The van der Waals surface area contributed by atoms with Gasteiger partial charge in [-0.25, -0.2) is 4.39 Å². The largest absolute Gasteiger partial charge is 0.367 e. The van der Waals surface area contributed by atoms with E-state index in [0.29, 0.717) is 5.69 Å². The number of benzene rings is 2. The number of nitrogens with zero attached hydrogens (tertiary/aromatic N) is 5. The number of hydrogen-bond donors (Lipinski definition) is 0. The third-order valence-corrected chi connectivity index (χ3v) is 5.13. The van der Waals surface area contributed by atoms with Crippen molar-refractivity contribution in [2.75, 3.05) is 37.6 Å². The summed E-state index contributed by atoms with van der Waals surface area (Å²) in [5, 5.41) is 18.4. The molecule has 0 N–H and O–H groups in total. The van der Waals surface area contributed by atoms with Gasteiger partial charge in [0.2, 0.25) is 5.82 Å². The summed E-state index contributed by atoms with van der Waals surface area (Å²) in [6, 6.07) is 7.84. The Kier molecular flexibility index (Phi) is 7.40. The zero-order valence-electron chi connectivity index (χ0n) is 16.9. The highest BCUT2D eigenvalue weighted by Crippen LogP contribution is 2.28. The third kappa shape index (κ3) is 5.56. The smallest absolute Gasteiger partial charge is 0.304 e. The summed E-state index contributed by atoms with van der Waals surface area (Å²) in [6.07, 6.45) is 3.63. The Morgan fingerprint density at radius 2 is 1.60 bits per heavy atom. The summed E-state index contributed by atoms with van der Waals surface area (Å²) in [7, 11) is 0. The van der Waals surface area contributed by atoms with E-state index in [1.54, 1.807) is 12.1 Å². The monoisotopic (exact) mass is 417 g/mol. The van der Waals surface area contributed by atoms with Crippen LogP contribution in [-0.4, -0.2) is 42.5 Å². The minimum absolute atomic E-state index is 0.113. The molecule has 0 amide bonds. The second kappa shape index (κ2) is 10.2. The molecule has 0 aliphatic carbocycles. The van der Waals surface area contributed by atoms with E-state index in [2.05, 4.69) is 22.1 Å². The van der Waals surface area contributed by atoms with Gasteiger partial charge < -0.3 is 4.90 Å². The molecule has 0 radical (unpaired) electrons. The highest BCUT2D eigenvalue weighted by molar-refractivity contribution is 5.55. The number of anilines is 1. The lowest BCUT2D eigenvalue weighted by Gasteiger charge is -2.36. The van der Waals surface area contributed by atoms with Crippen LogP contribution in [0.1, 0.15) is 26.2 Å². The van der Waals surface area contributed by atoms with Gasteiger partial charge in [0.25, 0.3) is 0 Å². The number of rotatable bonds is 8. The van der Waals surface area contributed by atoms with Gasteiger partial charge in [0.05, 0.1) is 22.0 Å². The molecule has 1 saturated heterocycles. The Labute approximate surface area is 174 Å². The normalized spacial score (nSPS) is 15.1. The van der Waals surface area contributed by atoms with Crippen LogP contribution in [0.5, 0.6) is 0 Å². The van der Waals surface area contributed by atoms with Crippen LogP contribution in [0.15, 0.2) is 46.6 Å². The molecule has 9 heteroatoms. The van der Waals surface area contributed by atoms with E-state index in [9.17, 15) is 18.9 Å². The van der Waals surface area contributed by atoms with E-state index in [0.717, 1.165) is 44.9 Å². The highest BCUT2D eigenvalue weighted by Gasteiger charge is 2.19. The van der Waals surface area contributed by atoms with Gasteiger partial charge in [-0.1, -0.05) is 19.8 Å². The van der Waals surface area contributed by atoms with Crippen LogP contribution < -0.4 is 4.90 Å². The van der Waals surface area contributed by atoms with Gasteiger partial charge in [-0.3, -0.25) is 15.0 Å². The molecule has 3 rings (SSSR count). The van der Waals surface area contributed by atoms with Gasteiger partial charge in [0.15, 0.2) is 0 Å². The fourth-order valence-electron chi connectivity index (χ4n) is 3.43. The molecule has 1 aliphatic rings. The van der Waals surface area contributed by atoms with Crippen molar-refractivity contribution >= 4 is 22.7 Å². The average molecular weight is 417 g/mol. The summed E-state index contributed by atoms with van der Waals surface area (Å²) in [4.78, 5) is 14.3. The van der Waals surface area contributed by atoms with Gasteiger partial charge >= 0.3 is 5.69 Å². The standard InChI is InChI=1S/C21H25F2N5O2/c1-2-3-4-9-26-10-12-27(13-11-26)20-7-5-16(14-18(20)22)24-25-17-6-8-21(28(29)30)19(23)15-17/h5-8,14-15H,2-4,9-13H2,1H3. The van der Waals surface area contributed by atoms with Crippen LogP contribution in [0.2, 0.25) is 0 Å². The highest BCUT2D eigenvalue weighted by atomic mass is 19.1. The zero-order chi connectivity index (χ0) is 21.5. The summed E-state index contributed by atoms with van der Waals surface area (Å²) in [6.45, 7) is 6.64. The second-order valence-electron chi connectivity index (χ2n) is 7.26. The molecule has 0 spiro atoms. The summed E-state index contributed by atoms with van der Waals surface area (Å²) < 4.78 is 28.3. The number of unbranched alkanes of at least 4 members (excludes halogenated alkanes) is 2. The molecule has 160 valence electrons. The van der Waals surface area contributed by atoms with Crippen LogP contribution in [-0.2, 0) is 0 Å². The molecule has 2 aromatic rings. The quantitative estimate of drug-likeness (QED) is 0.242. The molecule has 0 bridgehead atoms. The van der Waals surface area contributed by atoms with Crippen LogP contribution >= 0.6 is 0 Å². The fraction of sp³-hybridized carbons (Fsp3) is 0.429. The van der Waals surface area contributed by atoms with Crippen LogP contribution in [0.25, 0.3) is 0 Å². The van der Waals surface area contributed by atoms with Crippen molar-refractivity contribution in [1.82, 2.24) is 4.90 Å². The van der Waals surface area contributed by atoms with E-state index in [4.69, 9.17) is 0 Å². The SMILES string of the molecule is CCCCCN1CCN(c2ccc(N=Nc3ccc([N+](=O)[O-])c(F)c3)cc2F)CC1.